The van der Waals surface area contributed by atoms with Crippen LogP contribution in [0.4, 0.5) is 0 Å². The van der Waals surface area contributed by atoms with Crippen LogP contribution in [0, 0.1) is 24.7 Å². The van der Waals surface area contributed by atoms with Crippen LogP contribution in [0.1, 0.15) is 41.5 Å². The van der Waals surface area contributed by atoms with Crippen LogP contribution in [0.15, 0.2) is 9.85 Å². The van der Waals surface area contributed by atoms with Crippen molar-refractivity contribution in [1.82, 2.24) is 0 Å². The van der Waals surface area contributed by atoms with Gasteiger partial charge in [0.25, 0.3) is 0 Å². The first-order valence-electron chi connectivity index (χ1n) is 6.08. The van der Waals surface area contributed by atoms with Crippen molar-refractivity contribution in [3.05, 3.63) is 20.3 Å². The van der Waals surface area contributed by atoms with E-state index in [9.17, 15) is 0 Å². The smallest absolute Gasteiger partial charge is 0.0704 e. The number of halogens is 2. The summed E-state index contributed by atoms with van der Waals surface area (Å²) < 4.78 is 1.22. The molecule has 3 unspecified atom stereocenters. The number of rotatable bonds is 2. The molecule has 0 N–H and O–H groups in total. The molecule has 1 heterocycles. The van der Waals surface area contributed by atoms with Crippen molar-refractivity contribution in [2.24, 2.45) is 17.8 Å². The van der Waals surface area contributed by atoms with Gasteiger partial charge in [0.05, 0.1) is 9.16 Å². The van der Waals surface area contributed by atoms with E-state index in [2.05, 4.69) is 28.9 Å². The zero-order chi connectivity index (χ0) is 11.3. The molecule has 0 amide bonds. The van der Waals surface area contributed by atoms with Crippen LogP contribution in [-0.2, 0) is 0 Å². The Hall–Kier alpha value is 0.470. The van der Waals surface area contributed by atoms with Crippen LogP contribution in [0.3, 0.4) is 0 Å². The summed E-state index contributed by atoms with van der Waals surface area (Å²) in [6, 6.07) is 2.22. The van der Waals surface area contributed by atoms with Gasteiger partial charge in [-0.3, -0.25) is 0 Å². The van der Waals surface area contributed by atoms with Gasteiger partial charge in [-0.15, -0.1) is 22.9 Å². The second-order valence-corrected chi connectivity index (χ2v) is 8.26. The fourth-order valence-corrected chi connectivity index (χ4v) is 5.84. The number of aryl methyl sites for hydroxylation is 1. The van der Waals surface area contributed by atoms with E-state index in [-0.39, 0.29) is 5.38 Å². The number of alkyl halides is 1. The Kier molecular flexibility index (Phi) is 3.10. The second kappa shape index (κ2) is 4.29. The molecule has 3 atom stereocenters. The van der Waals surface area contributed by atoms with Crippen LogP contribution in [0.25, 0.3) is 0 Å². The molecule has 0 aliphatic heterocycles. The molecule has 88 valence electrons. The molecule has 3 rings (SSSR count). The van der Waals surface area contributed by atoms with E-state index in [1.807, 2.05) is 11.3 Å². The summed E-state index contributed by atoms with van der Waals surface area (Å²) in [7, 11) is 0. The molecule has 0 bridgehead atoms. The second-order valence-electron chi connectivity index (χ2n) is 5.15. The quantitative estimate of drug-likeness (QED) is 0.628. The van der Waals surface area contributed by atoms with E-state index < -0.39 is 0 Å². The number of thiophene rings is 1. The molecule has 0 radical (unpaired) electrons. The van der Waals surface area contributed by atoms with E-state index in [4.69, 9.17) is 11.6 Å². The molecule has 1 aromatic heterocycles. The molecule has 2 aliphatic carbocycles. The SMILES string of the molecule is Cc1sc(Br)cc1C(Cl)C1C2CCCCC21. The first-order valence-corrected chi connectivity index (χ1v) is 8.13. The summed E-state index contributed by atoms with van der Waals surface area (Å²) >= 11 is 12.0. The van der Waals surface area contributed by atoms with E-state index >= 15 is 0 Å². The van der Waals surface area contributed by atoms with Crippen molar-refractivity contribution in [2.45, 2.75) is 38.0 Å². The molecule has 2 fully saturated rings. The predicted octanol–water partition coefficient (Wildman–Crippen LogP) is 5.54. The Bertz CT molecular complexity index is 389. The van der Waals surface area contributed by atoms with Gasteiger partial charge in [-0.2, -0.15) is 0 Å². The van der Waals surface area contributed by atoms with Crippen LogP contribution in [-0.4, -0.2) is 0 Å². The molecule has 16 heavy (non-hydrogen) atoms. The Morgan fingerprint density at radius 2 is 2.00 bits per heavy atom. The lowest BCUT2D eigenvalue weighted by atomic mass is 10.0. The highest BCUT2D eigenvalue weighted by Gasteiger charge is 2.54. The Morgan fingerprint density at radius 3 is 2.50 bits per heavy atom. The van der Waals surface area contributed by atoms with Crippen LogP contribution >= 0.6 is 38.9 Å². The van der Waals surface area contributed by atoms with Crippen molar-refractivity contribution < 1.29 is 0 Å². The van der Waals surface area contributed by atoms with E-state index in [0.29, 0.717) is 0 Å². The predicted molar refractivity (Wildman–Crippen MR) is 74.3 cm³/mol. The molecule has 0 saturated heterocycles. The van der Waals surface area contributed by atoms with Crippen LogP contribution in [0.2, 0.25) is 0 Å². The minimum atomic E-state index is 0.260. The maximum atomic E-state index is 6.68. The molecule has 2 saturated carbocycles. The summed E-state index contributed by atoms with van der Waals surface area (Å²) in [6.45, 7) is 2.19. The standard InChI is InChI=1S/C13H16BrClS/c1-7-10(6-11(14)16-7)13(15)12-8-4-2-3-5-9(8)12/h6,8-9,12-13H,2-5H2,1H3. The van der Waals surface area contributed by atoms with Crippen LogP contribution in [0.5, 0.6) is 0 Å². The maximum Gasteiger partial charge on any atom is 0.0704 e. The fraction of sp³-hybridized carbons (Fsp3) is 0.692. The minimum Gasteiger partial charge on any atom is -0.133 e. The number of hydrogen-bond acceptors (Lipinski definition) is 1. The first-order chi connectivity index (χ1) is 7.68. The highest BCUT2D eigenvalue weighted by molar-refractivity contribution is 9.11. The monoisotopic (exact) mass is 318 g/mol. The molecule has 1 aromatic rings. The molecular formula is C13H16BrClS. The van der Waals surface area contributed by atoms with Gasteiger partial charge in [0.1, 0.15) is 0 Å². The summed E-state index contributed by atoms with van der Waals surface area (Å²) in [5.41, 5.74) is 1.37. The van der Waals surface area contributed by atoms with Gasteiger partial charge >= 0.3 is 0 Å². The summed E-state index contributed by atoms with van der Waals surface area (Å²) in [4.78, 5) is 1.38. The molecule has 2 aliphatic rings. The van der Waals surface area contributed by atoms with Gasteiger partial charge < -0.3 is 0 Å². The lowest BCUT2D eigenvalue weighted by molar-refractivity contribution is 0.480. The van der Waals surface area contributed by atoms with E-state index in [1.165, 1.54) is 39.9 Å². The van der Waals surface area contributed by atoms with Crippen molar-refractivity contribution in [1.29, 1.82) is 0 Å². The average Bonchev–Trinajstić information content (AvgIpc) is 2.89. The summed E-state index contributed by atoms with van der Waals surface area (Å²) in [6.07, 6.45) is 5.69. The third-order valence-electron chi connectivity index (χ3n) is 4.28. The molecule has 0 aromatic carbocycles. The number of fused-ring (bicyclic) bond motifs is 1. The summed E-state index contributed by atoms with van der Waals surface area (Å²) in [5.74, 6) is 2.65. The maximum absolute atomic E-state index is 6.68. The fourth-order valence-electron chi connectivity index (χ4n) is 3.42. The minimum absolute atomic E-state index is 0.260. The lowest BCUT2D eigenvalue weighted by Crippen LogP contribution is -1.95. The highest BCUT2D eigenvalue weighted by atomic mass is 79.9. The van der Waals surface area contributed by atoms with Gasteiger partial charge in [0, 0.05) is 4.88 Å². The normalized spacial score (nSPS) is 34.6. The summed E-state index contributed by atoms with van der Waals surface area (Å²) in [5, 5.41) is 0.260. The van der Waals surface area contributed by atoms with Crippen molar-refractivity contribution in [3.8, 4) is 0 Å². The van der Waals surface area contributed by atoms with Crippen molar-refractivity contribution in [2.75, 3.05) is 0 Å². The average molecular weight is 320 g/mol. The molecule has 3 heteroatoms. The number of hydrogen-bond donors (Lipinski definition) is 0. The van der Waals surface area contributed by atoms with Gasteiger partial charge in [-0.1, -0.05) is 12.8 Å². The highest BCUT2D eigenvalue weighted by Crippen LogP contribution is 2.62. The van der Waals surface area contributed by atoms with E-state index in [1.54, 1.807) is 0 Å². The molecule has 0 nitrogen and oxygen atoms in total. The Morgan fingerprint density at radius 1 is 1.38 bits per heavy atom. The molecular weight excluding hydrogens is 304 g/mol. The Balaban J connectivity index is 1.78. The van der Waals surface area contributed by atoms with Gasteiger partial charge in [0.2, 0.25) is 0 Å². The van der Waals surface area contributed by atoms with Gasteiger partial charge in [-0.05, 0) is 65.1 Å². The van der Waals surface area contributed by atoms with E-state index in [0.717, 1.165) is 17.8 Å². The Labute approximate surface area is 115 Å². The first kappa shape index (κ1) is 11.6. The zero-order valence-electron chi connectivity index (χ0n) is 9.38. The van der Waals surface area contributed by atoms with Crippen molar-refractivity contribution >= 4 is 38.9 Å². The third-order valence-corrected chi connectivity index (χ3v) is 6.38. The largest absolute Gasteiger partial charge is 0.133 e. The lowest BCUT2D eigenvalue weighted by Gasteiger charge is -2.08. The van der Waals surface area contributed by atoms with Crippen LogP contribution < -0.4 is 0 Å². The zero-order valence-corrected chi connectivity index (χ0v) is 12.5. The van der Waals surface area contributed by atoms with Crippen molar-refractivity contribution in [3.63, 3.8) is 0 Å². The van der Waals surface area contributed by atoms with Gasteiger partial charge in [0.15, 0.2) is 0 Å². The third kappa shape index (κ3) is 1.87. The molecule has 0 spiro atoms. The van der Waals surface area contributed by atoms with Gasteiger partial charge in [-0.25, -0.2) is 0 Å². The topological polar surface area (TPSA) is 0 Å².